The molecule has 17 heavy (non-hydrogen) atoms. The topological polar surface area (TPSA) is 43.4 Å². The van der Waals surface area contributed by atoms with Crippen LogP contribution in [0.3, 0.4) is 0 Å². The molecule has 90 valence electrons. The largest absolute Gasteiger partial charge is 0.455 e. The first-order chi connectivity index (χ1) is 8.27. The maximum Gasteiger partial charge on any atom is 0.375 e. The zero-order valence-corrected chi connectivity index (χ0v) is 9.72. The molecular weight excluding hydrogens is 216 g/mol. The maximum absolute atomic E-state index is 11.7. The Morgan fingerprint density at radius 2 is 1.76 bits per heavy atom. The average molecular weight is 232 g/mol. The van der Waals surface area contributed by atoms with E-state index in [-0.39, 0.29) is 18.3 Å². The molecule has 2 rings (SSSR count). The van der Waals surface area contributed by atoms with Gasteiger partial charge in [-0.25, -0.2) is 4.79 Å². The Bertz CT molecular complexity index is 391. The van der Waals surface area contributed by atoms with E-state index >= 15 is 0 Å². The number of ketones is 1. The summed E-state index contributed by atoms with van der Waals surface area (Å²) in [6, 6.07) is 9.39. The number of Topliss-reactive ketones (excluding diaryl/α,β-unsaturated/α-hetero) is 1. The van der Waals surface area contributed by atoms with Crippen molar-refractivity contribution < 1.29 is 14.3 Å². The number of rotatable bonds is 4. The Kier molecular flexibility index (Phi) is 3.91. The number of carbonyl (C=O) groups excluding carboxylic acids is 2. The van der Waals surface area contributed by atoms with Gasteiger partial charge in [-0.2, -0.15) is 0 Å². The van der Waals surface area contributed by atoms with Crippen LogP contribution >= 0.6 is 0 Å². The normalized spacial score (nSPS) is 15.8. The van der Waals surface area contributed by atoms with E-state index in [1.54, 1.807) is 0 Å². The molecule has 1 fully saturated rings. The SMILES string of the molecule is O=C(OCc1ccccc1)C(=O)C1CCCC1. The molecule has 1 aromatic carbocycles. The lowest BCUT2D eigenvalue weighted by atomic mass is 10.0. The highest BCUT2D eigenvalue weighted by atomic mass is 16.5. The Hall–Kier alpha value is -1.64. The monoisotopic (exact) mass is 232 g/mol. The van der Waals surface area contributed by atoms with Gasteiger partial charge in [0.05, 0.1) is 0 Å². The van der Waals surface area contributed by atoms with Crippen molar-refractivity contribution in [1.82, 2.24) is 0 Å². The lowest BCUT2D eigenvalue weighted by Crippen LogP contribution is -2.23. The van der Waals surface area contributed by atoms with Gasteiger partial charge in [-0.15, -0.1) is 0 Å². The van der Waals surface area contributed by atoms with E-state index in [1.807, 2.05) is 30.3 Å². The van der Waals surface area contributed by atoms with E-state index in [9.17, 15) is 9.59 Å². The van der Waals surface area contributed by atoms with E-state index in [1.165, 1.54) is 0 Å². The fourth-order valence-corrected chi connectivity index (χ4v) is 2.15. The second-order valence-corrected chi connectivity index (χ2v) is 4.41. The fraction of sp³-hybridized carbons (Fsp3) is 0.429. The molecule has 0 unspecified atom stereocenters. The third-order valence-electron chi connectivity index (χ3n) is 3.14. The summed E-state index contributed by atoms with van der Waals surface area (Å²) < 4.78 is 5.01. The molecule has 0 N–H and O–H groups in total. The Balaban J connectivity index is 1.83. The van der Waals surface area contributed by atoms with E-state index in [0.717, 1.165) is 31.2 Å². The molecule has 1 aliphatic rings. The van der Waals surface area contributed by atoms with Crippen LogP contribution in [0.5, 0.6) is 0 Å². The molecule has 3 nitrogen and oxygen atoms in total. The van der Waals surface area contributed by atoms with Gasteiger partial charge in [0.15, 0.2) is 0 Å². The molecule has 1 aromatic rings. The van der Waals surface area contributed by atoms with Crippen molar-refractivity contribution in [3.05, 3.63) is 35.9 Å². The summed E-state index contributed by atoms with van der Waals surface area (Å²) in [6.07, 6.45) is 3.75. The fourth-order valence-electron chi connectivity index (χ4n) is 2.15. The third-order valence-corrected chi connectivity index (χ3v) is 3.14. The predicted molar refractivity (Wildman–Crippen MR) is 63.2 cm³/mol. The van der Waals surface area contributed by atoms with Gasteiger partial charge < -0.3 is 4.74 Å². The highest BCUT2D eigenvalue weighted by Gasteiger charge is 2.29. The molecule has 0 bridgehead atoms. The van der Waals surface area contributed by atoms with Crippen LogP contribution in [0.4, 0.5) is 0 Å². The van der Waals surface area contributed by atoms with Crippen molar-refractivity contribution in [3.8, 4) is 0 Å². The molecule has 0 atom stereocenters. The molecule has 0 radical (unpaired) electrons. The zero-order chi connectivity index (χ0) is 12.1. The van der Waals surface area contributed by atoms with E-state index in [0.29, 0.717) is 0 Å². The van der Waals surface area contributed by atoms with Crippen LogP contribution in [-0.2, 0) is 20.9 Å². The molecule has 0 spiro atoms. The van der Waals surface area contributed by atoms with Crippen LogP contribution < -0.4 is 0 Å². The minimum Gasteiger partial charge on any atom is -0.455 e. The quantitative estimate of drug-likeness (QED) is 0.591. The van der Waals surface area contributed by atoms with Gasteiger partial charge in [0.1, 0.15) is 6.61 Å². The van der Waals surface area contributed by atoms with Crippen LogP contribution in [0.1, 0.15) is 31.2 Å². The molecule has 1 aliphatic carbocycles. The van der Waals surface area contributed by atoms with Gasteiger partial charge in [-0.3, -0.25) is 4.79 Å². The first-order valence-corrected chi connectivity index (χ1v) is 6.02. The molecular formula is C14H16O3. The van der Waals surface area contributed by atoms with Gasteiger partial charge in [-0.05, 0) is 18.4 Å². The van der Waals surface area contributed by atoms with Crippen molar-refractivity contribution in [3.63, 3.8) is 0 Å². The predicted octanol–water partition coefficient (Wildman–Crippen LogP) is 2.49. The molecule has 1 saturated carbocycles. The minimum atomic E-state index is -0.680. The summed E-state index contributed by atoms with van der Waals surface area (Å²) >= 11 is 0. The van der Waals surface area contributed by atoms with Gasteiger partial charge in [0.2, 0.25) is 5.78 Å². The average Bonchev–Trinajstić information content (AvgIpc) is 2.90. The number of benzene rings is 1. The van der Waals surface area contributed by atoms with Crippen LogP contribution in [-0.4, -0.2) is 11.8 Å². The Labute approximate surface area is 101 Å². The van der Waals surface area contributed by atoms with Gasteiger partial charge in [0, 0.05) is 5.92 Å². The van der Waals surface area contributed by atoms with Crippen molar-refractivity contribution >= 4 is 11.8 Å². The van der Waals surface area contributed by atoms with E-state index in [2.05, 4.69) is 0 Å². The first-order valence-electron chi connectivity index (χ1n) is 6.02. The van der Waals surface area contributed by atoms with Crippen molar-refractivity contribution in [2.24, 2.45) is 5.92 Å². The smallest absolute Gasteiger partial charge is 0.375 e. The van der Waals surface area contributed by atoms with E-state index in [4.69, 9.17) is 4.74 Å². The zero-order valence-electron chi connectivity index (χ0n) is 9.72. The molecule has 3 heteroatoms. The second kappa shape index (κ2) is 5.62. The summed E-state index contributed by atoms with van der Waals surface area (Å²) in [6.45, 7) is 0.179. The minimum absolute atomic E-state index is 0.0988. The van der Waals surface area contributed by atoms with Crippen molar-refractivity contribution in [2.45, 2.75) is 32.3 Å². The first kappa shape index (κ1) is 11.8. The molecule has 0 saturated heterocycles. The summed E-state index contributed by atoms with van der Waals surface area (Å²) in [5.74, 6) is -1.13. The van der Waals surface area contributed by atoms with Crippen LogP contribution in [0.15, 0.2) is 30.3 Å². The number of hydrogen-bond donors (Lipinski definition) is 0. The van der Waals surface area contributed by atoms with Gasteiger partial charge in [0.25, 0.3) is 0 Å². The van der Waals surface area contributed by atoms with E-state index < -0.39 is 5.97 Å². The van der Waals surface area contributed by atoms with Gasteiger partial charge >= 0.3 is 5.97 Å². The second-order valence-electron chi connectivity index (χ2n) is 4.41. The third kappa shape index (κ3) is 3.16. The number of esters is 1. The molecule has 0 amide bonds. The van der Waals surface area contributed by atoms with Crippen LogP contribution in [0.25, 0.3) is 0 Å². The number of ether oxygens (including phenoxy) is 1. The van der Waals surface area contributed by atoms with Gasteiger partial charge in [-0.1, -0.05) is 43.2 Å². The van der Waals surface area contributed by atoms with Crippen molar-refractivity contribution in [2.75, 3.05) is 0 Å². The Morgan fingerprint density at radius 3 is 2.41 bits per heavy atom. The summed E-state index contributed by atoms with van der Waals surface area (Å²) in [5, 5.41) is 0. The maximum atomic E-state index is 11.7. The van der Waals surface area contributed by atoms with Crippen LogP contribution in [0.2, 0.25) is 0 Å². The lowest BCUT2D eigenvalue weighted by Gasteiger charge is -2.07. The lowest BCUT2D eigenvalue weighted by molar-refractivity contribution is -0.156. The summed E-state index contributed by atoms with van der Waals surface area (Å²) in [5.41, 5.74) is 0.903. The molecule has 0 aliphatic heterocycles. The number of carbonyl (C=O) groups is 2. The highest BCUT2D eigenvalue weighted by molar-refractivity contribution is 6.34. The van der Waals surface area contributed by atoms with Crippen LogP contribution in [0, 0.1) is 5.92 Å². The highest BCUT2D eigenvalue weighted by Crippen LogP contribution is 2.25. The number of hydrogen-bond acceptors (Lipinski definition) is 3. The summed E-state index contributed by atoms with van der Waals surface area (Å²) in [4.78, 5) is 23.2. The van der Waals surface area contributed by atoms with Crippen molar-refractivity contribution in [1.29, 1.82) is 0 Å². The molecule has 0 aromatic heterocycles. The standard InChI is InChI=1S/C14H16O3/c15-13(12-8-4-5-9-12)14(16)17-10-11-6-2-1-3-7-11/h1-3,6-7,12H,4-5,8-10H2. The Morgan fingerprint density at radius 1 is 1.12 bits per heavy atom. The molecule has 0 heterocycles. The summed E-state index contributed by atoms with van der Waals surface area (Å²) in [7, 11) is 0.